The molecule has 0 unspecified atom stereocenters. The highest BCUT2D eigenvalue weighted by Gasteiger charge is 2.39. The number of benzene rings is 2. The molecule has 1 fully saturated rings. The first kappa shape index (κ1) is 24.2. The molecule has 0 amide bonds. The second-order valence-corrected chi connectivity index (χ2v) is 11.2. The van der Waals surface area contributed by atoms with E-state index >= 15 is 0 Å². The number of aromatic nitrogens is 3. The van der Waals surface area contributed by atoms with Crippen molar-refractivity contribution >= 4 is 16.6 Å². The van der Waals surface area contributed by atoms with Gasteiger partial charge in [0.05, 0.1) is 5.69 Å². The Bertz CT molecular complexity index is 1320. The Morgan fingerprint density at radius 1 is 0.889 bits per heavy atom. The van der Waals surface area contributed by atoms with Gasteiger partial charge in [0.25, 0.3) is 0 Å². The quantitative estimate of drug-likeness (QED) is 0.364. The van der Waals surface area contributed by atoms with Crippen molar-refractivity contribution in [2.24, 2.45) is 0 Å². The maximum absolute atomic E-state index is 5.93. The first-order chi connectivity index (χ1) is 17.2. The fourth-order valence-corrected chi connectivity index (χ4v) is 5.49. The molecule has 1 N–H and O–H groups in total. The van der Waals surface area contributed by atoms with E-state index in [1.54, 1.807) is 0 Å². The van der Waals surface area contributed by atoms with E-state index in [1.165, 1.54) is 0 Å². The summed E-state index contributed by atoms with van der Waals surface area (Å²) in [7, 11) is 2.13. The number of ether oxygens (including phenoxy) is 1. The summed E-state index contributed by atoms with van der Waals surface area (Å²) in [6.45, 7) is 9.59. The van der Waals surface area contributed by atoms with Crippen LogP contribution in [0.4, 0.5) is 5.82 Å². The Labute approximate surface area is 213 Å². The molecule has 2 aromatic heterocycles. The van der Waals surface area contributed by atoms with Crippen molar-refractivity contribution in [2.75, 3.05) is 11.9 Å². The number of anilines is 1. The molecule has 4 aromatic rings. The molecule has 1 saturated heterocycles. The minimum absolute atomic E-state index is 0.0810. The zero-order valence-corrected chi connectivity index (χ0v) is 21.8. The Hall–Kier alpha value is -3.51. The number of rotatable bonds is 6. The molecule has 1 aliphatic heterocycles. The lowest BCUT2D eigenvalue weighted by Gasteiger charge is -2.49. The molecule has 186 valence electrons. The second kappa shape index (κ2) is 9.51. The third-order valence-electron chi connectivity index (χ3n) is 6.95. The van der Waals surface area contributed by atoms with Crippen molar-refractivity contribution in [1.82, 2.24) is 20.5 Å². The molecule has 1 aliphatic rings. The highest BCUT2D eigenvalue weighted by Crippen LogP contribution is 2.33. The van der Waals surface area contributed by atoms with E-state index < -0.39 is 0 Å². The van der Waals surface area contributed by atoms with Gasteiger partial charge in [0, 0.05) is 47.4 Å². The summed E-state index contributed by atoms with van der Waals surface area (Å²) < 4.78 is 5.93. The van der Waals surface area contributed by atoms with Crippen molar-refractivity contribution < 1.29 is 4.74 Å². The molecule has 5 rings (SSSR count). The minimum atomic E-state index is 0.0810. The van der Waals surface area contributed by atoms with Crippen molar-refractivity contribution in [3.05, 3.63) is 78.5 Å². The van der Waals surface area contributed by atoms with Crippen LogP contribution < -0.4 is 15.0 Å². The second-order valence-electron chi connectivity index (χ2n) is 11.2. The lowest BCUT2D eigenvalue weighted by Crippen LogP contribution is -2.62. The number of hydrogen-bond acceptors (Lipinski definition) is 6. The van der Waals surface area contributed by atoms with E-state index in [9.17, 15) is 0 Å². The van der Waals surface area contributed by atoms with Crippen LogP contribution in [0.15, 0.2) is 72.9 Å². The van der Waals surface area contributed by atoms with Crippen molar-refractivity contribution in [3.63, 3.8) is 0 Å². The third-order valence-corrected chi connectivity index (χ3v) is 6.95. The number of piperidine rings is 1. The first-order valence-electron chi connectivity index (χ1n) is 12.6. The summed E-state index contributed by atoms with van der Waals surface area (Å²) in [5.41, 5.74) is 3.15. The van der Waals surface area contributed by atoms with Crippen LogP contribution in [0.2, 0.25) is 0 Å². The van der Waals surface area contributed by atoms with E-state index in [0.717, 1.165) is 46.3 Å². The molecule has 2 aromatic carbocycles. The van der Waals surface area contributed by atoms with Crippen LogP contribution in [-0.2, 0) is 6.61 Å². The molecule has 6 nitrogen and oxygen atoms in total. The van der Waals surface area contributed by atoms with Gasteiger partial charge in [0.1, 0.15) is 6.61 Å². The molecule has 0 bridgehead atoms. The highest BCUT2D eigenvalue weighted by atomic mass is 16.5. The third kappa shape index (κ3) is 5.49. The molecule has 0 aliphatic carbocycles. The number of hydrogen-bond donors (Lipinski definition) is 1. The molecule has 0 saturated carbocycles. The topological polar surface area (TPSA) is 63.2 Å². The Kier molecular flexibility index (Phi) is 6.39. The zero-order chi connectivity index (χ0) is 25.3. The lowest BCUT2D eigenvalue weighted by molar-refractivity contribution is 0.160. The van der Waals surface area contributed by atoms with Crippen LogP contribution >= 0.6 is 0 Å². The summed E-state index contributed by atoms with van der Waals surface area (Å²) in [5.74, 6) is 1.51. The Morgan fingerprint density at radius 3 is 2.33 bits per heavy atom. The van der Waals surface area contributed by atoms with Gasteiger partial charge in [-0.1, -0.05) is 42.5 Å². The van der Waals surface area contributed by atoms with Gasteiger partial charge in [-0.2, -0.15) is 0 Å². The van der Waals surface area contributed by atoms with Crippen LogP contribution in [-0.4, -0.2) is 39.3 Å². The largest absolute Gasteiger partial charge is 0.473 e. The SMILES string of the molecule is CN(c1ccc(-c2ccc3cnc(OCc4ccccc4)cc3c2)nn1)C1CC(C)(C)NC(C)(C)C1. The number of nitrogens with zero attached hydrogens (tertiary/aromatic N) is 4. The van der Waals surface area contributed by atoms with E-state index in [4.69, 9.17) is 4.74 Å². The fraction of sp³-hybridized carbons (Fsp3) is 0.367. The predicted octanol–water partition coefficient (Wildman–Crippen LogP) is 6.02. The van der Waals surface area contributed by atoms with E-state index in [-0.39, 0.29) is 11.1 Å². The van der Waals surface area contributed by atoms with Crippen LogP contribution in [0, 0.1) is 0 Å². The smallest absolute Gasteiger partial charge is 0.214 e. The fourth-order valence-electron chi connectivity index (χ4n) is 5.49. The van der Waals surface area contributed by atoms with Gasteiger partial charge in [-0.3, -0.25) is 0 Å². The zero-order valence-electron chi connectivity index (χ0n) is 21.8. The Balaban J connectivity index is 1.32. The molecular weight excluding hydrogens is 446 g/mol. The first-order valence-corrected chi connectivity index (χ1v) is 12.6. The standard InChI is InChI=1S/C30H35N5O/c1-29(2)17-25(18-30(3,4)34-29)35(5)27-14-13-26(32-33-27)22-11-12-23-19-31-28(16-24(23)15-22)36-20-21-9-7-6-8-10-21/h6-16,19,25,34H,17-18,20H2,1-5H3. The summed E-state index contributed by atoms with van der Waals surface area (Å²) in [5, 5.41) is 15.1. The average molecular weight is 482 g/mol. The highest BCUT2D eigenvalue weighted by molar-refractivity contribution is 5.86. The molecular formula is C30H35N5O. The Morgan fingerprint density at radius 2 is 1.64 bits per heavy atom. The van der Waals surface area contributed by atoms with Crippen LogP contribution in [0.5, 0.6) is 5.88 Å². The van der Waals surface area contributed by atoms with Crippen molar-refractivity contribution in [2.45, 2.75) is 64.3 Å². The molecule has 6 heteroatoms. The molecule has 0 radical (unpaired) electrons. The van der Waals surface area contributed by atoms with Gasteiger partial charge < -0.3 is 15.0 Å². The maximum Gasteiger partial charge on any atom is 0.214 e. The van der Waals surface area contributed by atoms with Gasteiger partial charge in [0.15, 0.2) is 5.82 Å². The minimum Gasteiger partial charge on any atom is -0.473 e. The number of nitrogens with one attached hydrogen (secondary N) is 1. The summed E-state index contributed by atoms with van der Waals surface area (Å²) in [4.78, 5) is 6.74. The van der Waals surface area contributed by atoms with E-state index in [2.05, 4.69) is 90.5 Å². The molecule has 3 heterocycles. The van der Waals surface area contributed by atoms with Gasteiger partial charge in [-0.15, -0.1) is 10.2 Å². The van der Waals surface area contributed by atoms with Crippen molar-refractivity contribution in [1.29, 1.82) is 0 Å². The molecule has 0 spiro atoms. The number of fused-ring (bicyclic) bond motifs is 1. The monoisotopic (exact) mass is 481 g/mol. The number of pyridine rings is 1. The van der Waals surface area contributed by atoms with E-state index in [0.29, 0.717) is 18.5 Å². The van der Waals surface area contributed by atoms with Gasteiger partial charge in [-0.25, -0.2) is 4.98 Å². The maximum atomic E-state index is 5.93. The predicted molar refractivity (Wildman–Crippen MR) is 146 cm³/mol. The van der Waals surface area contributed by atoms with Gasteiger partial charge in [0.2, 0.25) is 5.88 Å². The summed E-state index contributed by atoms with van der Waals surface area (Å²) in [6, 6.07) is 22.9. The van der Waals surface area contributed by atoms with Crippen molar-refractivity contribution in [3.8, 4) is 17.1 Å². The average Bonchev–Trinajstić information content (AvgIpc) is 2.85. The molecule has 0 atom stereocenters. The lowest BCUT2D eigenvalue weighted by atomic mass is 9.79. The van der Waals surface area contributed by atoms with Gasteiger partial charge in [-0.05, 0) is 69.7 Å². The molecule has 36 heavy (non-hydrogen) atoms. The summed E-state index contributed by atoms with van der Waals surface area (Å²) in [6.07, 6.45) is 3.97. The van der Waals surface area contributed by atoms with Crippen LogP contribution in [0.1, 0.15) is 46.1 Å². The normalized spacial score (nSPS) is 17.1. The van der Waals surface area contributed by atoms with Gasteiger partial charge >= 0.3 is 0 Å². The van der Waals surface area contributed by atoms with E-state index in [1.807, 2.05) is 42.6 Å². The van der Waals surface area contributed by atoms with Crippen LogP contribution in [0.3, 0.4) is 0 Å². The van der Waals surface area contributed by atoms with Crippen LogP contribution in [0.25, 0.3) is 22.0 Å². The summed E-state index contributed by atoms with van der Waals surface area (Å²) >= 11 is 0.